The molecule has 0 saturated carbocycles. The number of nitrogens with zero attached hydrogens (tertiary/aromatic N) is 3. The van der Waals surface area contributed by atoms with Crippen molar-refractivity contribution in [2.45, 2.75) is 12.8 Å². The Morgan fingerprint density at radius 1 is 1.07 bits per heavy atom. The van der Waals surface area contributed by atoms with E-state index in [-0.39, 0.29) is 30.2 Å². The van der Waals surface area contributed by atoms with E-state index in [2.05, 4.69) is 17.2 Å². The minimum Gasteiger partial charge on any atom is -0.338 e. The summed E-state index contributed by atoms with van der Waals surface area (Å²) < 4.78 is 1.77. The Labute approximate surface area is 171 Å². The topological polar surface area (TPSA) is 64.2 Å². The molecular weight excluding hydrogens is 372 g/mol. The molecule has 28 heavy (non-hydrogen) atoms. The summed E-state index contributed by atoms with van der Waals surface area (Å²) in [5.74, 6) is 0.594. The van der Waals surface area contributed by atoms with Crippen molar-refractivity contribution in [1.29, 1.82) is 0 Å². The van der Waals surface area contributed by atoms with Crippen molar-refractivity contribution in [3.8, 4) is 5.69 Å². The molecule has 3 aromatic rings. The van der Waals surface area contributed by atoms with E-state index >= 15 is 0 Å². The fourth-order valence-corrected chi connectivity index (χ4v) is 3.91. The molecule has 0 radical (unpaired) electrons. The zero-order valence-corrected chi connectivity index (χ0v) is 16.7. The average Bonchev–Trinajstić information content (AvgIpc) is 3.33. The fraction of sp³-hybridized carbons (Fsp3) is 0.273. The highest BCUT2D eigenvalue weighted by atomic mass is 35.5. The van der Waals surface area contributed by atoms with Gasteiger partial charge in [0.2, 0.25) is 0 Å². The number of nitrogens with two attached hydrogens (primary N) is 1. The van der Waals surface area contributed by atoms with Crippen molar-refractivity contribution in [2.24, 2.45) is 11.7 Å². The van der Waals surface area contributed by atoms with Gasteiger partial charge in [-0.15, -0.1) is 12.4 Å². The summed E-state index contributed by atoms with van der Waals surface area (Å²) in [6, 6.07) is 20.2. The van der Waals surface area contributed by atoms with Crippen LogP contribution in [0.15, 0.2) is 66.9 Å². The van der Waals surface area contributed by atoms with Gasteiger partial charge in [-0.2, -0.15) is 5.10 Å². The number of para-hydroxylation sites is 1. The summed E-state index contributed by atoms with van der Waals surface area (Å²) in [6.07, 6.45) is 1.83. The number of aromatic nitrogens is 2. The van der Waals surface area contributed by atoms with Gasteiger partial charge in [0.1, 0.15) is 0 Å². The van der Waals surface area contributed by atoms with Gasteiger partial charge in [0, 0.05) is 25.2 Å². The van der Waals surface area contributed by atoms with Crippen LogP contribution in [0.25, 0.3) is 5.69 Å². The maximum absolute atomic E-state index is 13.2. The van der Waals surface area contributed by atoms with Gasteiger partial charge in [0.15, 0.2) is 0 Å². The van der Waals surface area contributed by atoms with Gasteiger partial charge in [-0.1, -0.05) is 48.5 Å². The average molecular weight is 397 g/mol. The van der Waals surface area contributed by atoms with Gasteiger partial charge in [0.05, 0.1) is 16.9 Å². The third kappa shape index (κ3) is 3.81. The highest BCUT2D eigenvalue weighted by Crippen LogP contribution is 2.33. The summed E-state index contributed by atoms with van der Waals surface area (Å²) >= 11 is 0. The third-order valence-corrected chi connectivity index (χ3v) is 5.41. The molecule has 1 fully saturated rings. The molecule has 2 heterocycles. The van der Waals surface area contributed by atoms with Crippen LogP contribution in [0.5, 0.6) is 0 Å². The minimum atomic E-state index is 0. The Morgan fingerprint density at radius 2 is 1.71 bits per heavy atom. The number of carbonyl (C=O) groups is 1. The van der Waals surface area contributed by atoms with Crippen LogP contribution in [-0.4, -0.2) is 40.2 Å². The number of hydrogen-bond donors (Lipinski definition) is 1. The molecule has 2 aromatic carbocycles. The zero-order valence-electron chi connectivity index (χ0n) is 15.9. The van der Waals surface area contributed by atoms with E-state index < -0.39 is 0 Å². The lowest BCUT2D eigenvalue weighted by molar-refractivity contribution is 0.0785. The number of hydrogen-bond acceptors (Lipinski definition) is 3. The Morgan fingerprint density at radius 3 is 2.36 bits per heavy atom. The van der Waals surface area contributed by atoms with Crippen molar-refractivity contribution in [1.82, 2.24) is 14.7 Å². The van der Waals surface area contributed by atoms with Crippen molar-refractivity contribution in [3.63, 3.8) is 0 Å². The molecule has 1 saturated heterocycles. The number of amides is 1. The van der Waals surface area contributed by atoms with E-state index in [0.29, 0.717) is 25.2 Å². The van der Waals surface area contributed by atoms with Crippen LogP contribution in [0.3, 0.4) is 0 Å². The summed E-state index contributed by atoms with van der Waals surface area (Å²) in [5.41, 5.74) is 9.62. The summed E-state index contributed by atoms with van der Waals surface area (Å²) in [7, 11) is 0. The molecule has 1 aliphatic rings. The van der Waals surface area contributed by atoms with Gasteiger partial charge < -0.3 is 10.6 Å². The number of aryl methyl sites for hydroxylation is 1. The molecule has 1 aromatic heterocycles. The number of carbonyl (C=O) groups excluding carboxylic acids is 1. The maximum Gasteiger partial charge on any atom is 0.257 e. The van der Waals surface area contributed by atoms with Gasteiger partial charge in [-0.25, -0.2) is 4.68 Å². The molecule has 1 amide bonds. The Bertz CT molecular complexity index is 926. The Hall–Kier alpha value is -2.63. The largest absolute Gasteiger partial charge is 0.338 e. The first-order valence-corrected chi connectivity index (χ1v) is 9.33. The van der Waals surface area contributed by atoms with Crippen LogP contribution < -0.4 is 5.73 Å². The van der Waals surface area contributed by atoms with Gasteiger partial charge in [-0.3, -0.25) is 4.79 Å². The monoisotopic (exact) mass is 396 g/mol. The lowest BCUT2D eigenvalue weighted by Crippen LogP contribution is -2.30. The fourth-order valence-electron chi connectivity index (χ4n) is 3.91. The van der Waals surface area contributed by atoms with Crippen molar-refractivity contribution < 1.29 is 4.79 Å². The van der Waals surface area contributed by atoms with Crippen LogP contribution >= 0.6 is 12.4 Å². The molecule has 5 nitrogen and oxygen atoms in total. The zero-order chi connectivity index (χ0) is 18.8. The molecule has 2 atom stereocenters. The second-order valence-corrected chi connectivity index (χ2v) is 7.13. The van der Waals surface area contributed by atoms with Crippen LogP contribution in [0.1, 0.15) is 27.5 Å². The number of halogens is 1. The van der Waals surface area contributed by atoms with E-state index in [1.54, 1.807) is 4.68 Å². The summed E-state index contributed by atoms with van der Waals surface area (Å²) in [6.45, 7) is 3.84. The molecule has 1 aliphatic heterocycles. The first-order chi connectivity index (χ1) is 13.2. The molecule has 0 unspecified atom stereocenters. The van der Waals surface area contributed by atoms with Crippen molar-refractivity contribution in [2.75, 3.05) is 19.6 Å². The Kier molecular flexibility index (Phi) is 6.17. The van der Waals surface area contributed by atoms with Crippen LogP contribution in [-0.2, 0) is 0 Å². The van der Waals surface area contributed by atoms with Crippen molar-refractivity contribution >= 4 is 18.3 Å². The molecule has 2 N–H and O–H groups in total. The Balaban J connectivity index is 0.00000225. The molecule has 146 valence electrons. The second-order valence-electron chi connectivity index (χ2n) is 7.13. The normalized spacial score (nSPS) is 18.7. The van der Waals surface area contributed by atoms with Gasteiger partial charge in [0.25, 0.3) is 5.91 Å². The lowest BCUT2D eigenvalue weighted by atomic mass is 9.89. The molecule has 4 rings (SSSR count). The van der Waals surface area contributed by atoms with Crippen LogP contribution in [0.4, 0.5) is 0 Å². The van der Waals surface area contributed by atoms with E-state index in [9.17, 15) is 4.79 Å². The highest BCUT2D eigenvalue weighted by molar-refractivity contribution is 5.95. The molecule has 0 spiro atoms. The predicted octanol–water partition coefficient (Wildman–Crippen LogP) is 3.42. The number of rotatable bonds is 4. The number of likely N-dealkylation sites (tertiary alicyclic amines) is 1. The van der Waals surface area contributed by atoms with E-state index in [1.807, 2.05) is 66.6 Å². The molecule has 0 bridgehead atoms. The number of benzene rings is 2. The predicted molar refractivity (Wildman–Crippen MR) is 113 cm³/mol. The molecular formula is C22H25ClN4O. The lowest BCUT2D eigenvalue weighted by Gasteiger charge is -2.16. The molecule has 6 heteroatoms. The quantitative estimate of drug-likeness (QED) is 0.734. The minimum absolute atomic E-state index is 0. The van der Waals surface area contributed by atoms with E-state index in [4.69, 9.17) is 5.73 Å². The maximum atomic E-state index is 13.2. The summed E-state index contributed by atoms with van der Waals surface area (Å²) in [5, 5.41) is 4.53. The first-order valence-electron chi connectivity index (χ1n) is 9.33. The standard InChI is InChI=1S/C22H24N4O.ClH/c1-16-20(15-26(24-16)19-10-6-3-7-11-19)22(27)25-13-18(12-23)21(14-25)17-8-4-2-5-9-17;/h2-11,15,18,21H,12-14,23H2,1H3;1H/t18-,21+;/m1./s1. The van der Waals surface area contributed by atoms with Gasteiger partial charge in [-0.05, 0) is 37.1 Å². The van der Waals surface area contributed by atoms with Crippen LogP contribution in [0, 0.1) is 12.8 Å². The van der Waals surface area contributed by atoms with E-state index in [0.717, 1.165) is 11.4 Å². The SMILES string of the molecule is Cc1nn(-c2ccccc2)cc1C(=O)N1C[C@@H](CN)[C@H](c2ccccc2)C1.Cl. The van der Waals surface area contributed by atoms with Crippen LogP contribution in [0.2, 0.25) is 0 Å². The second kappa shape index (κ2) is 8.59. The highest BCUT2D eigenvalue weighted by Gasteiger charge is 2.36. The van der Waals surface area contributed by atoms with Crippen molar-refractivity contribution in [3.05, 3.63) is 83.7 Å². The smallest absolute Gasteiger partial charge is 0.257 e. The van der Waals surface area contributed by atoms with Gasteiger partial charge >= 0.3 is 0 Å². The van der Waals surface area contributed by atoms with E-state index in [1.165, 1.54) is 5.56 Å². The molecule has 0 aliphatic carbocycles. The summed E-state index contributed by atoms with van der Waals surface area (Å²) in [4.78, 5) is 15.1. The third-order valence-electron chi connectivity index (χ3n) is 5.41. The first kappa shape index (κ1) is 20.1.